The van der Waals surface area contributed by atoms with Crippen molar-refractivity contribution >= 4 is 22.9 Å². The molecule has 2 rings (SSSR count). The van der Waals surface area contributed by atoms with Crippen LogP contribution < -0.4 is 5.73 Å². The minimum absolute atomic E-state index is 0.327. The van der Waals surface area contributed by atoms with Crippen molar-refractivity contribution in [3.05, 3.63) is 21.3 Å². The molecule has 0 aromatic carbocycles. The lowest BCUT2D eigenvalue weighted by Crippen LogP contribution is -2.33. The van der Waals surface area contributed by atoms with Gasteiger partial charge in [-0.1, -0.05) is 24.4 Å². The second-order valence-electron chi connectivity index (χ2n) is 4.98. The summed E-state index contributed by atoms with van der Waals surface area (Å²) < 4.78 is 0.854. The first-order chi connectivity index (χ1) is 8.20. The van der Waals surface area contributed by atoms with Gasteiger partial charge in [0.2, 0.25) is 0 Å². The average Bonchev–Trinajstić information content (AvgIpc) is 2.91. The molecule has 1 heterocycles. The highest BCUT2D eigenvalue weighted by atomic mass is 35.5. The molecule has 1 aromatic heterocycles. The van der Waals surface area contributed by atoms with Crippen molar-refractivity contribution in [1.82, 2.24) is 4.90 Å². The monoisotopic (exact) mass is 272 g/mol. The molecule has 17 heavy (non-hydrogen) atoms. The van der Waals surface area contributed by atoms with Crippen LogP contribution in [0, 0.1) is 5.92 Å². The van der Waals surface area contributed by atoms with Crippen LogP contribution >= 0.6 is 22.9 Å². The fourth-order valence-corrected chi connectivity index (χ4v) is 3.99. The molecule has 1 fully saturated rings. The second kappa shape index (κ2) is 6.19. The molecule has 1 aliphatic rings. The summed E-state index contributed by atoms with van der Waals surface area (Å²) in [4.78, 5) is 3.69. The minimum Gasteiger partial charge on any atom is -0.329 e. The van der Waals surface area contributed by atoms with E-state index in [9.17, 15) is 0 Å². The molecule has 1 unspecified atom stereocenters. The van der Waals surface area contributed by atoms with E-state index in [0.29, 0.717) is 12.6 Å². The molecule has 0 saturated heterocycles. The minimum atomic E-state index is 0.327. The van der Waals surface area contributed by atoms with E-state index in [1.165, 1.54) is 30.6 Å². The molecule has 1 aliphatic carbocycles. The molecule has 2 nitrogen and oxygen atoms in total. The number of rotatable bonds is 5. The van der Waals surface area contributed by atoms with Gasteiger partial charge in [0.05, 0.1) is 10.4 Å². The number of thiophene rings is 1. The van der Waals surface area contributed by atoms with Gasteiger partial charge in [-0.15, -0.1) is 11.3 Å². The summed E-state index contributed by atoms with van der Waals surface area (Å²) in [5, 5.41) is 0. The standard InChI is InChI=1S/C13H21ClN2S/c1-16(9-10-4-2-3-5-10)11(8-15)12-6-7-13(14)17-12/h6-7,10-11H,2-5,8-9,15H2,1H3. The molecule has 1 aromatic rings. The Morgan fingerprint density at radius 1 is 1.47 bits per heavy atom. The Hall–Kier alpha value is -0.0900. The molecule has 1 saturated carbocycles. The van der Waals surface area contributed by atoms with Crippen molar-refractivity contribution in [3.8, 4) is 0 Å². The molecule has 0 radical (unpaired) electrons. The van der Waals surface area contributed by atoms with E-state index in [0.717, 1.165) is 16.8 Å². The van der Waals surface area contributed by atoms with Gasteiger partial charge in [-0.05, 0) is 37.9 Å². The van der Waals surface area contributed by atoms with Crippen LogP contribution in [0.15, 0.2) is 12.1 Å². The molecule has 1 atom stereocenters. The first kappa shape index (κ1) is 13.3. The predicted octanol–water partition coefficient (Wildman–Crippen LogP) is 3.52. The summed E-state index contributed by atoms with van der Waals surface area (Å²) in [5.74, 6) is 0.865. The second-order valence-corrected chi connectivity index (χ2v) is 6.73. The van der Waals surface area contributed by atoms with E-state index in [1.807, 2.05) is 6.07 Å². The highest BCUT2D eigenvalue weighted by Crippen LogP contribution is 2.32. The number of hydrogen-bond donors (Lipinski definition) is 1. The van der Waals surface area contributed by atoms with E-state index >= 15 is 0 Å². The molecule has 2 N–H and O–H groups in total. The molecule has 4 heteroatoms. The van der Waals surface area contributed by atoms with Gasteiger partial charge in [0.1, 0.15) is 0 Å². The lowest BCUT2D eigenvalue weighted by Gasteiger charge is -2.28. The zero-order valence-electron chi connectivity index (χ0n) is 10.4. The quantitative estimate of drug-likeness (QED) is 0.889. The number of nitrogens with zero attached hydrogens (tertiary/aromatic N) is 1. The van der Waals surface area contributed by atoms with Gasteiger partial charge in [0, 0.05) is 18.0 Å². The van der Waals surface area contributed by atoms with Gasteiger partial charge in [0.15, 0.2) is 0 Å². The SMILES string of the molecule is CN(CC1CCCC1)C(CN)c1ccc(Cl)s1. The van der Waals surface area contributed by atoms with E-state index in [1.54, 1.807) is 11.3 Å². The molecule has 0 spiro atoms. The normalized spacial score (nSPS) is 19.1. The van der Waals surface area contributed by atoms with Gasteiger partial charge in [-0.25, -0.2) is 0 Å². The third kappa shape index (κ3) is 3.44. The number of likely N-dealkylation sites (N-methyl/N-ethyl adjacent to an activating group) is 1. The van der Waals surface area contributed by atoms with Crippen LogP contribution in [0.2, 0.25) is 4.34 Å². The van der Waals surface area contributed by atoms with Crippen LogP contribution in [0.25, 0.3) is 0 Å². The first-order valence-electron chi connectivity index (χ1n) is 6.36. The van der Waals surface area contributed by atoms with Crippen molar-refractivity contribution in [2.45, 2.75) is 31.7 Å². The van der Waals surface area contributed by atoms with Crippen LogP contribution in [-0.2, 0) is 0 Å². The molecule has 0 aliphatic heterocycles. The average molecular weight is 273 g/mol. The predicted molar refractivity (Wildman–Crippen MR) is 75.7 cm³/mol. The Morgan fingerprint density at radius 2 is 2.18 bits per heavy atom. The summed E-state index contributed by atoms with van der Waals surface area (Å²) in [5.41, 5.74) is 5.91. The Kier molecular flexibility index (Phi) is 4.86. The van der Waals surface area contributed by atoms with Crippen LogP contribution in [0.3, 0.4) is 0 Å². The topological polar surface area (TPSA) is 29.3 Å². The Balaban J connectivity index is 1.97. The largest absolute Gasteiger partial charge is 0.329 e. The van der Waals surface area contributed by atoms with Crippen molar-refractivity contribution in [2.24, 2.45) is 11.7 Å². The summed E-state index contributed by atoms with van der Waals surface area (Å²) in [6.07, 6.45) is 5.56. The molecule has 96 valence electrons. The zero-order valence-corrected chi connectivity index (χ0v) is 11.9. The van der Waals surface area contributed by atoms with E-state index < -0.39 is 0 Å². The van der Waals surface area contributed by atoms with E-state index in [2.05, 4.69) is 18.0 Å². The Labute approximate surface area is 113 Å². The Morgan fingerprint density at radius 3 is 2.71 bits per heavy atom. The van der Waals surface area contributed by atoms with Gasteiger partial charge < -0.3 is 5.73 Å². The lowest BCUT2D eigenvalue weighted by molar-refractivity contribution is 0.215. The smallest absolute Gasteiger partial charge is 0.0931 e. The first-order valence-corrected chi connectivity index (χ1v) is 7.55. The van der Waals surface area contributed by atoms with Crippen LogP contribution in [0.1, 0.15) is 36.6 Å². The van der Waals surface area contributed by atoms with Crippen molar-refractivity contribution in [2.75, 3.05) is 20.1 Å². The maximum absolute atomic E-state index is 6.00. The van der Waals surface area contributed by atoms with Crippen molar-refractivity contribution in [1.29, 1.82) is 0 Å². The highest BCUT2D eigenvalue weighted by Gasteiger charge is 2.22. The maximum Gasteiger partial charge on any atom is 0.0931 e. The number of halogens is 1. The van der Waals surface area contributed by atoms with Gasteiger partial charge in [-0.2, -0.15) is 0 Å². The number of hydrogen-bond acceptors (Lipinski definition) is 3. The van der Waals surface area contributed by atoms with Gasteiger partial charge in [-0.3, -0.25) is 4.90 Å². The summed E-state index contributed by atoms with van der Waals surface area (Å²) in [6.45, 7) is 1.83. The van der Waals surface area contributed by atoms with Crippen molar-refractivity contribution < 1.29 is 0 Å². The van der Waals surface area contributed by atoms with Gasteiger partial charge in [0.25, 0.3) is 0 Å². The summed E-state index contributed by atoms with van der Waals surface area (Å²) in [7, 11) is 2.18. The number of nitrogens with two attached hydrogens (primary N) is 1. The van der Waals surface area contributed by atoms with Crippen LogP contribution in [0.4, 0.5) is 0 Å². The summed E-state index contributed by atoms with van der Waals surface area (Å²) >= 11 is 7.65. The van der Waals surface area contributed by atoms with Gasteiger partial charge >= 0.3 is 0 Å². The Bertz CT molecular complexity index is 347. The fraction of sp³-hybridized carbons (Fsp3) is 0.692. The van der Waals surface area contributed by atoms with Crippen molar-refractivity contribution in [3.63, 3.8) is 0 Å². The van der Waals surface area contributed by atoms with E-state index in [-0.39, 0.29) is 0 Å². The molecular formula is C13H21ClN2S. The third-order valence-electron chi connectivity index (χ3n) is 3.70. The lowest BCUT2D eigenvalue weighted by atomic mass is 10.1. The zero-order chi connectivity index (χ0) is 12.3. The van der Waals surface area contributed by atoms with E-state index in [4.69, 9.17) is 17.3 Å². The molecule has 0 amide bonds. The maximum atomic E-state index is 6.00. The fourth-order valence-electron chi connectivity index (χ4n) is 2.75. The summed E-state index contributed by atoms with van der Waals surface area (Å²) in [6, 6.07) is 4.40. The highest BCUT2D eigenvalue weighted by molar-refractivity contribution is 7.16. The molecule has 0 bridgehead atoms. The molecular weight excluding hydrogens is 252 g/mol. The van der Waals surface area contributed by atoms with Crippen LogP contribution in [-0.4, -0.2) is 25.0 Å². The third-order valence-corrected chi connectivity index (χ3v) is 5.03. The van der Waals surface area contributed by atoms with Crippen LogP contribution in [0.5, 0.6) is 0 Å².